The van der Waals surface area contributed by atoms with Crippen molar-refractivity contribution in [2.45, 2.75) is 58.7 Å². The van der Waals surface area contributed by atoms with E-state index in [1.165, 1.54) is 0 Å². The van der Waals surface area contributed by atoms with Crippen LogP contribution in [-0.2, 0) is 4.79 Å². The number of nitrogens with one attached hydrogen (secondary N) is 2. The minimum Gasteiger partial charge on any atom is -0.353 e. The average molecular weight is 241 g/mol. The Balaban J connectivity index is 2.58. The van der Waals surface area contributed by atoms with E-state index in [2.05, 4.69) is 22.5 Å². The molecule has 1 aliphatic rings. The molecule has 0 aliphatic carbocycles. The van der Waals surface area contributed by atoms with Crippen molar-refractivity contribution in [3.8, 4) is 0 Å². The van der Waals surface area contributed by atoms with Crippen molar-refractivity contribution in [1.82, 2.24) is 15.5 Å². The molecule has 2 atom stereocenters. The first-order chi connectivity index (χ1) is 8.06. The van der Waals surface area contributed by atoms with Crippen LogP contribution in [0.5, 0.6) is 0 Å². The molecule has 1 fully saturated rings. The van der Waals surface area contributed by atoms with E-state index in [-0.39, 0.29) is 18.0 Å². The van der Waals surface area contributed by atoms with E-state index < -0.39 is 0 Å². The Hall–Kier alpha value is -0.610. The molecule has 4 heteroatoms. The van der Waals surface area contributed by atoms with Crippen LogP contribution >= 0.6 is 0 Å². The third-order valence-corrected chi connectivity index (χ3v) is 3.29. The van der Waals surface area contributed by atoms with Crippen LogP contribution in [0.1, 0.15) is 40.5 Å². The lowest BCUT2D eigenvalue weighted by Crippen LogP contribution is -2.51. The second kappa shape index (κ2) is 6.97. The normalized spacial score (nSPS) is 22.1. The maximum absolute atomic E-state index is 12.1. The van der Waals surface area contributed by atoms with Gasteiger partial charge in [0.2, 0.25) is 5.91 Å². The fraction of sp³-hybridized carbons (Fsp3) is 0.923. The summed E-state index contributed by atoms with van der Waals surface area (Å²) in [5, 5.41) is 6.38. The molecular weight excluding hydrogens is 214 g/mol. The molecule has 0 saturated carbocycles. The van der Waals surface area contributed by atoms with Gasteiger partial charge in [-0.1, -0.05) is 6.92 Å². The van der Waals surface area contributed by atoms with Gasteiger partial charge in [-0.05, 0) is 46.7 Å². The second-order valence-corrected chi connectivity index (χ2v) is 5.22. The van der Waals surface area contributed by atoms with E-state index in [0.717, 1.165) is 32.5 Å². The number of carbonyl (C=O) groups is 1. The molecule has 2 unspecified atom stereocenters. The maximum Gasteiger partial charge on any atom is 0.237 e. The van der Waals surface area contributed by atoms with Gasteiger partial charge in [0.05, 0.1) is 6.04 Å². The van der Waals surface area contributed by atoms with Crippen LogP contribution in [0.15, 0.2) is 0 Å². The highest BCUT2D eigenvalue weighted by Gasteiger charge is 2.29. The van der Waals surface area contributed by atoms with Crippen molar-refractivity contribution in [2.24, 2.45) is 0 Å². The lowest BCUT2D eigenvalue weighted by molar-refractivity contribution is -0.127. The van der Waals surface area contributed by atoms with Crippen molar-refractivity contribution < 1.29 is 4.79 Å². The van der Waals surface area contributed by atoms with E-state index in [9.17, 15) is 4.79 Å². The highest BCUT2D eigenvalue weighted by atomic mass is 16.2. The lowest BCUT2D eigenvalue weighted by atomic mass is 10.1. The van der Waals surface area contributed by atoms with E-state index >= 15 is 0 Å². The van der Waals surface area contributed by atoms with Crippen molar-refractivity contribution in [2.75, 3.05) is 19.6 Å². The molecule has 2 N–H and O–H groups in total. The van der Waals surface area contributed by atoms with E-state index in [1.807, 2.05) is 20.8 Å². The number of carbonyl (C=O) groups excluding carboxylic acids is 1. The fourth-order valence-corrected chi connectivity index (χ4v) is 2.43. The minimum atomic E-state index is -0.0257. The Labute approximate surface area is 105 Å². The molecule has 100 valence electrons. The monoisotopic (exact) mass is 241 g/mol. The summed E-state index contributed by atoms with van der Waals surface area (Å²) in [4.78, 5) is 14.4. The van der Waals surface area contributed by atoms with Gasteiger partial charge in [-0.2, -0.15) is 0 Å². The van der Waals surface area contributed by atoms with Crippen LogP contribution in [0.2, 0.25) is 0 Å². The Bertz CT molecular complexity index is 237. The quantitative estimate of drug-likeness (QED) is 0.728. The molecule has 0 spiro atoms. The summed E-state index contributed by atoms with van der Waals surface area (Å²) < 4.78 is 0. The highest BCUT2D eigenvalue weighted by Crippen LogP contribution is 2.13. The lowest BCUT2D eigenvalue weighted by Gasteiger charge is -2.33. The zero-order valence-electron chi connectivity index (χ0n) is 11.6. The molecule has 1 heterocycles. The van der Waals surface area contributed by atoms with Gasteiger partial charge in [-0.15, -0.1) is 0 Å². The first kappa shape index (κ1) is 14.5. The third kappa shape index (κ3) is 4.28. The largest absolute Gasteiger partial charge is 0.353 e. The van der Waals surface area contributed by atoms with Crippen molar-refractivity contribution in [1.29, 1.82) is 0 Å². The summed E-state index contributed by atoms with van der Waals surface area (Å²) in [6.45, 7) is 11.3. The molecule has 0 bridgehead atoms. The summed E-state index contributed by atoms with van der Waals surface area (Å²) >= 11 is 0. The number of rotatable bonds is 6. The van der Waals surface area contributed by atoms with Crippen LogP contribution in [0.3, 0.4) is 0 Å². The van der Waals surface area contributed by atoms with Gasteiger partial charge in [0.25, 0.3) is 0 Å². The zero-order chi connectivity index (χ0) is 12.8. The van der Waals surface area contributed by atoms with Gasteiger partial charge in [0, 0.05) is 18.6 Å². The number of amides is 1. The van der Waals surface area contributed by atoms with Crippen LogP contribution in [0.4, 0.5) is 0 Å². The molecule has 0 aromatic carbocycles. The van der Waals surface area contributed by atoms with Crippen molar-refractivity contribution in [3.05, 3.63) is 0 Å². The van der Waals surface area contributed by atoms with Gasteiger partial charge in [0.1, 0.15) is 0 Å². The molecule has 4 nitrogen and oxygen atoms in total. The van der Waals surface area contributed by atoms with Gasteiger partial charge < -0.3 is 10.6 Å². The SMILES string of the molecule is CCCN(C1CCNC1)C(C)C(=O)NC(C)C. The van der Waals surface area contributed by atoms with Gasteiger partial charge in [-0.25, -0.2) is 0 Å². The number of nitrogens with zero attached hydrogens (tertiary/aromatic N) is 1. The molecule has 1 rings (SSSR count). The van der Waals surface area contributed by atoms with Gasteiger partial charge in [-0.3, -0.25) is 9.69 Å². The van der Waals surface area contributed by atoms with Crippen molar-refractivity contribution in [3.63, 3.8) is 0 Å². The fourth-order valence-electron chi connectivity index (χ4n) is 2.43. The zero-order valence-corrected chi connectivity index (χ0v) is 11.6. The van der Waals surface area contributed by atoms with Gasteiger partial charge in [0.15, 0.2) is 0 Å². The van der Waals surface area contributed by atoms with Gasteiger partial charge >= 0.3 is 0 Å². The smallest absolute Gasteiger partial charge is 0.237 e. The summed E-state index contributed by atoms with van der Waals surface area (Å²) in [7, 11) is 0. The second-order valence-electron chi connectivity index (χ2n) is 5.22. The molecule has 0 aromatic heterocycles. The minimum absolute atomic E-state index is 0.0257. The van der Waals surface area contributed by atoms with Crippen molar-refractivity contribution >= 4 is 5.91 Å². The molecule has 0 aromatic rings. The number of hydrogen-bond acceptors (Lipinski definition) is 3. The van der Waals surface area contributed by atoms with E-state index in [1.54, 1.807) is 0 Å². The maximum atomic E-state index is 12.1. The first-order valence-corrected chi connectivity index (χ1v) is 6.83. The highest BCUT2D eigenvalue weighted by molar-refractivity contribution is 5.81. The van der Waals surface area contributed by atoms with Crippen LogP contribution in [0, 0.1) is 0 Å². The summed E-state index contributed by atoms with van der Waals surface area (Å²) in [5.41, 5.74) is 0. The molecule has 1 saturated heterocycles. The predicted molar refractivity (Wildman–Crippen MR) is 71.0 cm³/mol. The van der Waals surface area contributed by atoms with E-state index in [0.29, 0.717) is 6.04 Å². The molecule has 1 aliphatic heterocycles. The Morgan fingerprint density at radius 2 is 2.18 bits per heavy atom. The predicted octanol–water partition coefficient (Wildman–Crippen LogP) is 0.973. The Morgan fingerprint density at radius 1 is 1.47 bits per heavy atom. The Kier molecular flexibility index (Phi) is 5.92. The molecule has 0 radical (unpaired) electrons. The standard InChI is InChI=1S/C13H27N3O/c1-5-8-16(12-6-7-14-9-12)11(4)13(17)15-10(2)3/h10-12,14H,5-9H2,1-4H3,(H,15,17). The number of hydrogen-bond donors (Lipinski definition) is 2. The van der Waals surface area contributed by atoms with E-state index in [4.69, 9.17) is 0 Å². The van der Waals surface area contributed by atoms with Crippen LogP contribution in [-0.4, -0.2) is 48.6 Å². The first-order valence-electron chi connectivity index (χ1n) is 6.83. The molecular formula is C13H27N3O. The third-order valence-electron chi connectivity index (χ3n) is 3.29. The van der Waals surface area contributed by atoms with Crippen LogP contribution < -0.4 is 10.6 Å². The average Bonchev–Trinajstić information content (AvgIpc) is 2.77. The topological polar surface area (TPSA) is 44.4 Å². The van der Waals surface area contributed by atoms with Crippen LogP contribution in [0.25, 0.3) is 0 Å². The summed E-state index contributed by atoms with van der Waals surface area (Å²) in [6, 6.07) is 0.709. The summed E-state index contributed by atoms with van der Waals surface area (Å²) in [5.74, 6) is 0.153. The molecule has 17 heavy (non-hydrogen) atoms. The molecule has 1 amide bonds. The Morgan fingerprint density at radius 3 is 2.65 bits per heavy atom. The summed E-state index contributed by atoms with van der Waals surface area (Å²) in [6.07, 6.45) is 2.25.